The van der Waals surface area contributed by atoms with E-state index in [1.807, 2.05) is 0 Å². The summed E-state index contributed by atoms with van der Waals surface area (Å²) in [5.41, 5.74) is 2.54. The quantitative estimate of drug-likeness (QED) is 0.777. The zero-order chi connectivity index (χ0) is 15.1. The second-order valence-corrected chi connectivity index (χ2v) is 6.28. The normalized spacial score (nSPS) is 22.2. The van der Waals surface area contributed by atoms with Crippen LogP contribution in [-0.2, 0) is 11.3 Å². The molecular formula is C18H29NO2. The summed E-state index contributed by atoms with van der Waals surface area (Å²) in [7, 11) is 1.73. The lowest BCUT2D eigenvalue weighted by Crippen LogP contribution is -2.24. The maximum absolute atomic E-state index is 6.28. The molecule has 118 valence electrons. The van der Waals surface area contributed by atoms with Crippen molar-refractivity contribution in [3.8, 4) is 5.75 Å². The van der Waals surface area contributed by atoms with E-state index < -0.39 is 0 Å². The Labute approximate surface area is 129 Å². The van der Waals surface area contributed by atoms with Crippen molar-refractivity contribution in [2.45, 2.75) is 52.2 Å². The molecule has 0 saturated heterocycles. The van der Waals surface area contributed by atoms with Crippen molar-refractivity contribution in [1.82, 2.24) is 5.32 Å². The number of benzene rings is 1. The summed E-state index contributed by atoms with van der Waals surface area (Å²) in [4.78, 5) is 0. The maximum Gasteiger partial charge on any atom is 0.124 e. The Bertz CT molecular complexity index is 425. The fourth-order valence-electron chi connectivity index (χ4n) is 2.89. The predicted octanol–water partition coefficient (Wildman–Crippen LogP) is 3.69. The van der Waals surface area contributed by atoms with Crippen molar-refractivity contribution in [3.05, 3.63) is 29.3 Å². The predicted molar refractivity (Wildman–Crippen MR) is 86.8 cm³/mol. The standard InChI is InChI=1S/C18H29NO2/c1-14-4-7-17(8-5-14)21-18-9-6-15(2)12-16(18)13-19-10-11-20-3/h6,9,12,14,17,19H,4-5,7-8,10-11,13H2,1-3H3. The first-order valence-corrected chi connectivity index (χ1v) is 8.15. The second kappa shape index (κ2) is 8.40. The van der Waals surface area contributed by atoms with Crippen molar-refractivity contribution < 1.29 is 9.47 Å². The van der Waals surface area contributed by atoms with Gasteiger partial charge in [-0.3, -0.25) is 0 Å². The Balaban J connectivity index is 1.94. The molecule has 0 spiro atoms. The van der Waals surface area contributed by atoms with Gasteiger partial charge in [-0.25, -0.2) is 0 Å². The molecular weight excluding hydrogens is 262 g/mol. The topological polar surface area (TPSA) is 30.5 Å². The number of hydrogen-bond donors (Lipinski definition) is 1. The molecule has 3 nitrogen and oxygen atoms in total. The number of ether oxygens (including phenoxy) is 2. The molecule has 3 heteroatoms. The van der Waals surface area contributed by atoms with Crippen molar-refractivity contribution in [2.75, 3.05) is 20.3 Å². The molecule has 1 aliphatic rings. The van der Waals surface area contributed by atoms with Crippen LogP contribution in [-0.4, -0.2) is 26.4 Å². The van der Waals surface area contributed by atoms with Crippen LogP contribution in [0, 0.1) is 12.8 Å². The third-order valence-electron chi connectivity index (χ3n) is 4.27. The highest BCUT2D eigenvalue weighted by Crippen LogP contribution is 2.29. The number of hydrogen-bond acceptors (Lipinski definition) is 3. The average Bonchev–Trinajstić information content (AvgIpc) is 2.48. The Kier molecular flexibility index (Phi) is 6.52. The van der Waals surface area contributed by atoms with Gasteiger partial charge in [0.1, 0.15) is 5.75 Å². The van der Waals surface area contributed by atoms with Gasteiger partial charge in [0.15, 0.2) is 0 Å². The van der Waals surface area contributed by atoms with Gasteiger partial charge in [-0.1, -0.05) is 24.6 Å². The maximum atomic E-state index is 6.28. The monoisotopic (exact) mass is 291 g/mol. The van der Waals surface area contributed by atoms with Crippen LogP contribution in [0.15, 0.2) is 18.2 Å². The Morgan fingerprint density at radius 3 is 2.67 bits per heavy atom. The molecule has 0 unspecified atom stereocenters. The molecule has 0 amide bonds. The average molecular weight is 291 g/mol. The summed E-state index contributed by atoms with van der Waals surface area (Å²) < 4.78 is 11.3. The molecule has 0 atom stereocenters. The fraction of sp³-hybridized carbons (Fsp3) is 0.667. The van der Waals surface area contributed by atoms with Crippen molar-refractivity contribution in [3.63, 3.8) is 0 Å². The highest BCUT2D eigenvalue weighted by Gasteiger charge is 2.20. The zero-order valence-corrected chi connectivity index (χ0v) is 13.7. The van der Waals surface area contributed by atoms with E-state index in [0.29, 0.717) is 6.10 Å². The molecule has 0 aliphatic heterocycles. The van der Waals surface area contributed by atoms with E-state index in [1.165, 1.54) is 36.8 Å². The molecule has 0 heterocycles. The van der Waals surface area contributed by atoms with Gasteiger partial charge in [-0.2, -0.15) is 0 Å². The lowest BCUT2D eigenvalue weighted by molar-refractivity contribution is 0.134. The van der Waals surface area contributed by atoms with E-state index >= 15 is 0 Å². The smallest absolute Gasteiger partial charge is 0.124 e. The van der Waals surface area contributed by atoms with E-state index in [9.17, 15) is 0 Å². The van der Waals surface area contributed by atoms with Crippen molar-refractivity contribution in [1.29, 1.82) is 0 Å². The van der Waals surface area contributed by atoms with Gasteiger partial charge >= 0.3 is 0 Å². The summed E-state index contributed by atoms with van der Waals surface area (Å²) in [6, 6.07) is 6.49. The number of nitrogens with one attached hydrogen (secondary N) is 1. The SMILES string of the molecule is COCCNCc1cc(C)ccc1OC1CCC(C)CC1. The molecule has 0 radical (unpaired) electrons. The lowest BCUT2D eigenvalue weighted by atomic mass is 9.89. The van der Waals surface area contributed by atoms with Crippen LogP contribution in [0.2, 0.25) is 0 Å². The molecule has 1 saturated carbocycles. The molecule has 1 fully saturated rings. The minimum atomic E-state index is 0.390. The third kappa shape index (κ3) is 5.33. The van der Waals surface area contributed by atoms with Crippen LogP contribution in [0.4, 0.5) is 0 Å². The number of aryl methyl sites for hydroxylation is 1. The van der Waals surface area contributed by atoms with Crippen molar-refractivity contribution >= 4 is 0 Å². The largest absolute Gasteiger partial charge is 0.490 e. The van der Waals surface area contributed by atoms with Gasteiger partial charge in [0, 0.05) is 25.8 Å². The number of methoxy groups -OCH3 is 1. The first kappa shape index (κ1) is 16.3. The van der Waals surface area contributed by atoms with E-state index in [4.69, 9.17) is 9.47 Å². The molecule has 21 heavy (non-hydrogen) atoms. The Morgan fingerprint density at radius 1 is 1.19 bits per heavy atom. The van der Waals surface area contributed by atoms with Gasteiger partial charge in [0.25, 0.3) is 0 Å². The summed E-state index contributed by atoms with van der Waals surface area (Å²) >= 11 is 0. The van der Waals surface area contributed by atoms with Gasteiger partial charge < -0.3 is 14.8 Å². The van der Waals surface area contributed by atoms with Gasteiger partial charge in [-0.05, 0) is 44.6 Å². The van der Waals surface area contributed by atoms with Gasteiger partial charge in [-0.15, -0.1) is 0 Å². The molecule has 0 bridgehead atoms. The van der Waals surface area contributed by atoms with Crippen LogP contribution in [0.3, 0.4) is 0 Å². The van der Waals surface area contributed by atoms with Crippen molar-refractivity contribution in [2.24, 2.45) is 5.92 Å². The van der Waals surface area contributed by atoms with Crippen LogP contribution >= 0.6 is 0 Å². The molecule has 1 aromatic rings. The van der Waals surface area contributed by atoms with Gasteiger partial charge in [0.2, 0.25) is 0 Å². The van der Waals surface area contributed by atoms with Gasteiger partial charge in [0.05, 0.1) is 12.7 Å². The molecule has 2 rings (SSSR count). The molecule has 0 aromatic heterocycles. The summed E-state index contributed by atoms with van der Waals surface area (Å²) in [6.07, 6.45) is 5.34. The van der Waals surface area contributed by atoms with E-state index in [2.05, 4.69) is 37.4 Å². The summed E-state index contributed by atoms with van der Waals surface area (Å²) in [6.45, 7) is 6.91. The molecule has 1 N–H and O–H groups in total. The first-order valence-electron chi connectivity index (χ1n) is 8.15. The van der Waals surface area contributed by atoms with Crippen LogP contribution < -0.4 is 10.1 Å². The second-order valence-electron chi connectivity index (χ2n) is 6.28. The lowest BCUT2D eigenvalue weighted by Gasteiger charge is -2.28. The van der Waals surface area contributed by atoms with Crippen LogP contribution in [0.1, 0.15) is 43.7 Å². The highest BCUT2D eigenvalue weighted by atomic mass is 16.5. The molecule has 1 aromatic carbocycles. The molecule has 1 aliphatic carbocycles. The van der Waals surface area contributed by atoms with Crippen LogP contribution in [0.5, 0.6) is 5.75 Å². The van der Waals surface area contributed by atoms with E-state index in [0.717, 1.165) is 31.4 Å². The minimum absolute atomic E-state index is 0.390. The van der Waals surface area contributed by atoms with E-state index in [1.54, 1.807) is 7.11 Å². The summed E-state index contributed by atoms with van der Waals surface area (Å²) in [5, 5.41) is 3.41. The number of rotatable bonds is 7. The Hall–Kier alpha value is -1.06. The highest BCUT2D eigenvalue weighted by molar-refractivity contribution is 5.37. The van der Waals surface area contributed by atoms with Crippen LogP contribution in [0.25, 0.3) is 0 Å². The van der Waals surface area contributed by atoms with E-state index in [-0.39, 0.29) is 0 Å². The zero-order valence-electron chi connectivity index (χ0n) is 13.7. The summed E-state index contributed by atoms with van der Waals surface area (Å²) in [5.74, 6) is 1.91. The Morgan fingerprint density at radius 2 is 1.95 bits per heavy atom. The first-order chi connectivity index (χ1) is 10.2. The fourth-order valence-corrected chi connectivity index (χ4v) is 2.89. The minimum Gasteiger partial charge on any atom is -0.490 e. The third-order valence-corrected chi connectivity index (χ3v) is 4.27.